The summed E-state index contributed by atoms with van der Waals surface area (Å²) in [6.45, 7) is 3.07. The summed E-state index contributed by atoms with van der Waals surface area (Å²) >= 11 is 3.40. The third kappa shape index (κ3) is 2.87. The molecular weight excluding hydrogens is 304 g/mol. The van der Waals surface area contributed by atoms with Crippen molar-refractivity contribution < 1.29 is 0 Å². The van der Waals surface area contributed by atoms with E-state index in [0.717, 1.165) is 29.3 Å². The average molecular weight is 321 g/mol. The van der Waals surface area contributed by atoms with Gasteiger partial charge < -0.3 is 5.32 Å². The van der Waals surface area contributed by atoms with Crippen LogP contribution in [0.2, 0.25) is 0 Å². The second kappa shape index (κ2) is 5.43. The van der Waals surface area contributed by atoms with Crippen molar-refractivity contribution in [1.82, 2.24) is 20.1 Å². The van der Waals surface area contributed by atoms with Crippen LogP contribution in [0.1, 0.15) is 31.0 Å². The Kier molecular flexibility index (Phi) is 3.66. The van der Waals surface area contributed by atoms with E-state index in [9.17, 15) is 0 Å². The van der Waals surface area contributed by atoms with Gasteiger partial charge in [0.2, 0.25) is 0 Å². The zero-order chi connectivity index (χ0) is 13.2. The minimum absolute atomic E-state index is 0.721. The molecule has 0 aliphatic heterocycles. The highest BCUT2D eigenvalue weighted by atomic mass is 79.9. The van der Waals surface area contributed by atoms with Gasteiger partial charge in [-0.15, -0.1) is 0 Å². The molecule has 2 aromatic rings. The van der Waals surface area contributed by atoms with Crippen LogP contribution in [0.3, 0.4) is 0 Å². The van der Waals surface area contributed by atoms with Crippen molar-refractivity contribution in [2.24, 2.45) is 0 Å². The molecule has 19 heavy (non-hydrogen) atoms. The molecule has 2 aromatic heterocycles. The quantitative estimate of drug-likeness (QED) is 0.921. The van der Waals surface area contributed by atoms with Crippen molar-refractivity contribution in [3.63, 3.8) is 0 Å². The zero-order valence-corrected chi connectivity index (χ0v) is 12.5. The number of hydrogen-bond donors (Lipinski definition) is 1. The van der Waals surface area contributed by atoms with E-state index in [0.29, 0.717) is 0 Å². The molecule has 100 valence electrons. The van der Waals surface area contributed by atoms with Gasteiger partial charge in [0, 0.05) is 28.8 Å². The fraction of sp³-hybridized carbons (Fsp3) is 0.429. The first-order valence-electron chi connectivity index (χ1n) is 6.69. The Morgan fingerprint density at radius 1 is 1.37 bits per heavy atom. The summed E-state index contributed by atoms with van der Waals surface area (Å²) in [4.78, 5) is 4.41. The summed E-state index contributed by atoms with van der Waals surface area (Å²) in [7, 11) is 0. The largest absolute Gasteiger partial charge is 0.310 e. The van der Waals surface area contributed by atoms with Gasteiger partial charge >= 0.3 is 0 Å². The maximum absolute atomic E-state index is 4.48. The van der Waals surface area contributed by atoms with Crippen molar-refractivity contribution in [3.8, 4) is 5.82 Å². The van der Waals surface area contributed by atoms with E-state index in [1.807, 2.05) is 23.0 Å². The topological polar surface area (TPSA) is 42.7 Å². The SMILES string of the molecule is CCc1c(CNC2CC2)cnn1-c1ccc(Br)cn1. The van der Waals surface area contributed by atoms with Crippen LogP contribution in [-0.2, 0) is 13.0 Å². The fourth-order valence-corrected chi connectivity index (χ4v) is 2.40. The van der Waals surface area contributed by atoms with Crippen molar-refractivity contribution in [2.45, 2.75) is 38.8 Å². The van der Waals surface area contributed by atoms with E-state index in [2.05, 4.69) is 38.3 Å². The minimum Gasteiger partial charge on any atom is -0.310 e. The molecular formula is C14H17BrN4. The highest BCUT2D eigenvalue weighted by Crippen LogP contribution is 2.21. The molecule has 0 aromatic carbocycles. The van der Waals surface area contributed by atoms with Crippen LogP contribution in [0.25, 0.3) is 5.82 Å². The van der Waals surface area contributed by atoms with Crippen molar-refractivity contribution in [3.05, 3.63) is 40.3 Å². The Morgan fingerprint density at radius 3 is 2.84 bits per heavy atom. The molecule has 5 heteroatoms. The Morgan fingerprint density at radius 2 is 2.21 bits per heavy atom. The predicted octanol–water partition coefficient (Wildman–Crippen LogP) is 2.84. The van der Waals surface area contributed by atoms with Crippen LogP contribution < -0.4 is 5.32 Å². The van der Waals surface area contributed by atoms with E-state index in [-0.39, 0.29) is 0 Å². The van der Waals surface area contributed by atoms with Gasteiger partial charge in [0.05, 0.1) is 11.9 Å². The lowest BCUT2D eigenvalue weighted by Crippen LogP contribution is -2.16. The summed E-state index contributed by atoms with van der Waals surface area (Å²) in [5.41, 5.74) is 2.52. The van der Waals surface area contributed by atoms with Gasteiger partial charge in [0.25, 0.3) is 0 Å². The monoisotopic (exact) mass is 320 g/mol. The molecule has 4 nitrogen and oxygen atoms in total. The Balaban J connectivity index is 1.85. The summed E-state index contributed by atoms with van der Waals surface area (Å²) in [5.74, 6) is 0.873. The van der Waals surface area contributed by atoms with Crippen molar-refractivity contribution in [1.29, 1.82) is 0 Å². The van der Waals surface area contributed by atoms with Gasteiger partial charge in [-0.3, -0.25) is 0 Å². The van der Waals surface area contributed by atoms with Gasteiger partial charge in [-0.05, 0) is 47.3 Å². The Bertz CT molecular complexity index is 557. The zero-order valence-electron chi connectivity index (χ0n) is 10.9. The van der Waals surface area contributed by atoms with E-state index >= 15 is 0 Å². The lowest BCUT2D eigenvalue weighted by atomic mass is 10.2. The number of hydrogen-bond acceptors (Lipinski definition) is 3. The molecule has 0 bridgehead atoms. The third-order valence-corrected chi connectivity index (χ3v) is 3.85. The first kappa shape index (κ1) is 12.8. The average Bonchev–Trinajstić information content (AvgIpc) is 3.16. The number of aromatic nitrogens is 3. The normalized spacial score (nSPS) is 14.8. The lowest BCUT2D eigenvalue weighted by molar-refractivity contribution is 0.679. The van der Waals surface area contributed by atoms with E-state index < -0.39 is 0 Å². The van der Waals surface area contributed by atoms with Crippen LogP contribution in [0.15, 0.2) is 29.0 Å². The number of nitrogens with zero attached hydrogens (tertiary/aromatic N) is 3. The Labute approximate surface area is 121 Å². The highest BCUT2D eigenvalue weighted by Gasteiger charge is 2.21. The second-order valence-corrected chi connectivity index (χ2v) is 5.79. The molecule has 1 aliphatic carbocycles. The molecule has 0 atom stereocenters. The molecule has 3 rings (SSSR count). The van der Waals surface area contributed by atoms with Crippen LogP contribution >= 0.6 is 15.9 Å². The van der Waals surface area contributed by atoms with Gasteiger partial charge in [-0.1, -0.05) is 6.92 Å². The van der Waals surface area contributed by atoms with Crippen molar-refractivity contribution >= 4 is 15.9 Å². The van der Waals surface area contributed by atoms with E-state index in [4.69, 9.17) is 0 Å². The summed E-state index contributed by atoms with van der Waals surface area (Å²) in [6.07, 6.45) is 7.34. The van der Waals surface area contributed by atoms with Gasteiger partial charge in [-0.25, -0.2) is 9.67 Å². The number of halogens is 1. The first-order valence-corrected chi connectivity index (χ1v) is 7.48. The maximum Gasteiger partial charge on any atom is 0.153 e. The van der Waals surface area contributed by atoms with Gasteiger partial charge in [0.1, 0.15) is 0 Å². The van der Waals surface area contributed by atoms with Crippen molar-refractivity contribution in [2.75, 3.05) is 0 Å². The summed E-state index contributed by atoms with van der Waals surface area (Å²) < 4.78 is 2.92. The van der Waals surface area contributed by atoms with E-state index in [1.54, 1.807) is 6.20 Å². The van der Waals surface area contributed by atoms with Gasteiger partial charge in [-0.2, -0.15) is 5.10 Å². The highest BCUT2D eigenvalue weighted by molar-refractivity contribution is 9.10. The van der Waals surface area contributed by atoms with E-state index in [1.165, 1.54) is 24.1 Å². The standard InChI is InChI=1S/C14H17BrN4/c1-2-13-10(7-16-12-4-5-12)8-18-19(13)14-6-3-11(15)9-17-14/h3,6,8-9,12,16H,2,4-5,7H2,1H3. The molecule has 1 saturated carbocycles. The maximum atomic E-state index is 4.48. The van der Waals surface area contributed by atoms with Crippen LogP contribution in [-0.4, -0.2) is 20.8 Å². The predicted molar refractivity (Wildman–Crippen MR) is 78.3 cm³/mol. The molecule has 2 heterocycles. The molecule has 1 N–H and O–H groups in total. The molecule has 0 saturated heterocycles. The molecule has 0 unspecified atom stereocenters. The molecule has 0 amide bonds. The molecule has 1 fully saturated rings. The smallest absolute Gasteiger partial charge is 0.153 e. The third-order valence-electron chi connectivity index (χ3n) is 3.38. The minimum atomic E-state index is 0.721. The number of nitrogens with one attached hydrogen (secondary N) is 1. The molecule has 0 spiro atoms. The fourth-order valence-electron chi connectivity index (χ4n) is 2.16. The van der Waals surface area contributed by atoms with Crippen LogP contribution in [0.4, 0.5) is 0 Å². The molecule has 1 aliphatic rings. The second-order valence-electron chi connectivity index (χ2n) is 4.87. The number of rotatable bonds is 5. The lowest BCUT2D eigenvalue weighted by Gasteiger charge is -2.07. The van der Waals surface area contributed by atoms with Gasteiger partial charge in [0.15, 0.2) is 5.82 Å². The Hall–Kier alpha value is -1.20. The van der Waals surface area contributed by atoms with Crippen LogP contribution in [0, 0.1) is 0 Å². The van der Waals surface area contributed by atoms with Crippen LogP contribution in [0.5, 0.6) is 0 Å². The molecule has 0 radical (unpaired) electrons. The number of pyridine rings is 1. The summed E-state index contributed by atoms with van der Waals surface area (Å²) in [6, 6.07) is 4.69. The summed E-state index contributed by atoms with van der Waals surface area (Å²) in [5, 5.41) is 8.02. The first-order chi connectivity index (χ1) is 9.28.